The summed E-state index contributed by atoms with van der Waals surface area (Å²) < 4.78 is 28.1. The number of nitrogens with two attached hydrogens (primary N) is 1. The average Bonchev–Trinajstić information content (AvgIpc) is 2.26. The zero-order chi connectivity index (χ0) is 14.2. The van der Waals surface area contributed by atoms with E-state index in [-0.39, 0.29) is 17.1 Å². The maximum absolute atomic E-state index is 14.1. The Morgan fingerprint density at radius 1 is 1.26 bits per heavy atom. The van der Waals surface area contributed by atoms with E-state index in [2.05, 4.69) is 0 Å². The lowest BCUT2D eigenvalue weighted by molar-refractivity contribution is 0.565. The maximum atomic E-state index is 14.1. The number of nitrogens with one attached hydrogen (secondary N) is 1. The summed E-state index contributed by atoms with van der Waals surface area (Å²) in [5.41, 5.74) is 5.32. The summed E-state index contributed by atoms with van der Waals surface area (Å²) in [6.45, 7) is 5.32. The minimum absolute atomic E-state index is 0.0102. The molecular formula is C13H17F2N3S. The van der Waals surface area contributed by atoms with E-state index >= 15 is 0 Å². The van der Waals surface area contributed by atoms with Crippen molar-refractivity contribution in [3.63, 3.8) is 0 Å². The summed E-state index contributed by atoms with van der Waals surface area (Å²) in [7, 11) is 0. The Morgan fingerprint density at radius 3 is 2.16 bits per heavy atom. The lowest BCUT2D eigenvalue weighted by atomic mass is 10.1. The van der Waals surface area contributed by atoms with Crippen molar-refractivity contribution < 1.29 is 8.78 Å². The summed E-state index contributed by atoms with van der Waals surface area (Å²) in [6, 6.07) is 2.25. The van der Waals surface area contributed by atoms with Gasteiger partial charge in [-0.25, -0.2) is 8.78 Å². The first-order valence-electron chi connectivity index (χ1n) is 6.12. The fourth-order valence-corrected chi connectivity index (χ4v) is 3.71. The Morgan fingerprint density at radius 2 is 1.74 bits per heavy atom. The number of halogens is 2. The highest BCUT2D eigenvalue weighted by Crippen LogP contribution is 2.32. The quantitative estimate of drug-likeness (QED) is 0.648. The van der Waals surface area contributed by atoms with Crippen molar-refractivity contribution in [3.05, 3.63) is 29.3 Å². The van der Waals surface area contributed by atoms with E-state index in [0.29, 0.717) is 23.6 Å². The van der Waals surface area contributed by atoms with Gasteiger partial charge in [-0.05, 0) is 12.1 Å². The molecule has 104 valence electrons. The van der Waals surface area contributed by atoms with Gasteiger partial charge in [-0.2, -0.15) is 11.8 Å². The molecule has 6 heteroatoms. The molecule has 1 aromatic rings. The second kappa shape index (κ2) is 5.36. The highest BCUT2D eigenvalue weighted by molar-refractivity contribution is 8.00. The van der Waals surface area contributed by atoms with Gasteiger partial charge in [0, 0.05) is 29.2 Å². The lowest BCUT2D eigenvalue weighted by Gasteiger charge is -2.36. The molecule has 0 bridgehead atoms. The van der Waals surface area contributed by atoms with Crippen molar-refractivity contribution >= 4 is 23.3 Å². The molecule has 3 N–H and O–H groups in total. The number of anilines is 1. The van der Waals surface area contributed by atoms with Gasteiger partial charge in [0.25, 0.3) is 0 Å². The van der Waals surface area contributed by atoms with Crippen LogP contribution in [0.4, 0.5) is 14.5 Å². The standard InChI is InChI=1S/C13H17F2N3S/c1-7-5-18(6-8(2)19-7)12-10(14)3-9(13(16)17)4-11(12)15/h3-4,7-8H,5-6H2,1-2H3,(H3,16,17). The first-order valence-corrected chi connectivity index (χ1v) is 7.06. The third-order valence-electron chi connectivity index (χ3n) is 3.06. The van der Waals surface area contributed by atoms with Gasteiger partial charge < -0.3 is 10.6 Å². The first kappa shape index (κ1) is 14.1. The average molecular weight is 285 g/mol. The maximum Gasteiger partial charge on any atom is 0.150 e. The molecule has 0 amide bonds. The summed E-state index contributed by atoms with van der Waals surface area (Å²) in [6.07, 6.45) is 0. The highest BCUT2D eigenvalue weighted by atomic mass is 32.2. The molecule has 1 aromatic carbocycles. The number of thioether (sulfide) groups is 1. The molecule has 2 unspecified atom stereocenters. The van der Waals surface area contributed by atoms with Crippen molar-refractivity contribution in [2.45, 2.75) is 24.3 Å². The van der Waals surface area contributed by atoms with Crippen LogP contribution in [0.25, 0.3) is 0 Å². The Kier molecular flexibility index (Phi) is 3.99. The van der Waals surface area contributed by atoms with Crippen molar-refractivity contribution in [2.75, 3.05) is 18.0 Å². The van der Waals surface area contributed by atoms with Crippen LogP contribution in [0, 0.1) is 17.0 Å². The van der Waals surface area contributed by atoms with E-state index in [0.717, 1.165) is 12.1 Å². The molecule has 0 radical (unpaired) electrons. The fourth-order valence-electron chi connectivity index (χ4n) is 2.38. The van der Waals surface area contributed by atoms with E-state index in [1.54, 1.807) is 4.90 Å². The summed E-state index contributed by atoms with van der Waals surface area (Å²) in [5, 5.41) is 7.89. The number of hydrogen-bond acceptors (Lipinski definition) is 3. The van der Waals surface area contributed by atoms with E-state index in [9.17, 15) is 8.78 Å². The number of benzene rings is 1. The monoisotopic (exact) mass is 285 g/mol. The Balaban J connectivity index is 2.37. The van der Waals surface area contributed by atoms with Crippen LogP contribution in [0.3, 0.4) is 0 Å². The van der Waals surface area contributed by atoms with Crippen LogP contribution in [-0.4, -0.2) is 29.4 Å². The van der Waals surface area contributed by atoms with Crippen molar-refractivity contribution in [1.29, 1.82) is 5.41 Å². The lowest BCUT2D eigenvalue weighted by Crippen LogP contribution is -2.41. The zero-order valence-electron chi connectivity index (χ0n) is 10.9. The zero-order valence-corrected chi connectivity index (χ0v) is 11.7. The molecule has 1 fully saturated rings. The number of hydrogen-bond donors (Lipinski definition) is 2. The second-order valence-corrected chi connectivity index (χ2v) is 6.75. The van der Waals surface area contributed by atoms with E-state index in [4.69, 9.17) is 11.1 Å². The summed E-state index contributed by atoms with van der Waals surface area (Å²) in [4.78, 5) is 1.74. The third kappa shape index (κ3) is 3.00. The SMILES string of the molecule is CC1CN(c2c(F)cc(C(=N)N)cc2F)CC(C)S1. The van der Waals surface area contributed by atoms with Gasteiger partial charge in [0.15, 0.2) is 0 Å². The molecule has 1 aliphatic heterocycles. The van der Waals surface area contributed by atoms with Crippen LogP contribution in [0.1, 0.15) is 19.4 Å². The van der Waals surface area contributed by atoms with Crippen LogP contribution >= 0.6 is 11.8 Å². The van der Waals surface area contributed by atoms with Gasteiger partial charge in [0.2, 0.25) is 0 Å². The topological polar surface area (TPSA) is 53.1 Å². The molecule has 0 aliphatic carbocycles. The normalized spacial score (nSPS) is 23.5. The van der Waals surface area contributed by atoms with E-state index < -0.39 is 11.6 Å². The van der Waals surface area contributed by atoms with Crippen LogP contribution in [-0.2, 0) is 0 Å². The van der Waals surface area contributed by atoms with Gasteiger partial charge in [0.05, 0.1) is 0 Å². The highest BCUT2D eigenvalue weighted by Gasteiger charge is 2.27. The smallest absolute Gasteiger partial charge is 0.150 e. The summed E-state index contributed by atoms with van der Waals surface area (Å²) in [5.74, 6) is -1.65. The van der Waals surface area contributed by atoms with Gasteiger partial charge in [-0.1, -0.05) is 13.8 Å². The molecule has 2 rings (SSSR count). The number of rotatable bonds is 2. The van der Waals surface area contributed by atoms with E-state index in [1.807, 2.05) is 25.6 Å². The largest absolute Gasteiger partial charge is 0.384 e. The second-order valence-electron chi connectivity index (χ2n) is 4.86. The van der Waals surface area contributed by atoms with Crippen molar-refractivity contribution in [2.24, 2.45) is 5.73 Å². The van der Waals surface area contributed by atoms with Crippen molar-refractivity contribution in [3.8, 4) is 0 Å². The van der Waals surface area contributed by atoms with Gasteiger partial charge in [-0.3, -0.25) is 5.41 Å². The van der Waals surface area contributed by atoms with Crippen LogP contribution < -0.4 is 10.6 Å². The number of nitrogen functional groups attached to an aromatic ring is 1. The van der Waals surface area contributed by atoms with E-state index in [1.165, 1.54) is 0 Å². The third-order valence-corrected chi connectivity index (χ3v) is 4.29. The molecule has 3 nitrogen and oxygen atoms in total. The predicted octanol–water partition coefficient (Wildman–Crippen LogP) is 2.58. The number of amidine groups is 1. The minimum atomic E-state index is -0.656. The Bertz CT molecular complexity index is 474. The Hall–Kier alpha value is -1.30. The van der Waals surface area contributed by atoms with Crippen molar-refractivity contribution in [1.82, 2.24) is 0 Å². The van der Waals surface area contributed by atoms with Crippen LogP contribution in [0.15, 0.2) is 12.1 Å². The molecule has 1 heterocycles. The van der Waals surface area contributed by atoms with Crippen LogP contribution in [0.5, 0.6) is 0 Å². The molecule has 2 atom stereocenters. The molecule has 1 aliphatic rings. The van der Waals surface area contributed by atoms with Gasteiger partial charge in [-0.15, -0.1) is 0 Å². The molecule has 0 aromatic heterocycles. The molecule has 0 spiro atoms. The fraction of sp³-hybridized carbons (Fsp3) is 0.462. The first-order chi connectivity index (χ1) is 8.88. The molecule has 0 saturated carbocycles. The minimum Gasteiger partial charge on any atom is -0.384 e. The molecule has 19 heavy (non-hydrogen) atoms. The number of nitrogens with zero attached hydrogens (tertiary/aromatic N) is 1. The molecule has 1 saturated heterocycles. The van der Waals surface area contributed by atoms with Crippen LogP contribution in [0.2, 0.25) is 0 Å². The summed E-state index contributed by atoms with van der Waals surface area (Å²) >= 11 is 1.82. The predicted molar refractivity (Wildman–Crippen MR) is 76.1 cm³/mol. The van der Waals surface area contributed by atoms with Gasteiger partial charge in [0.1, 0.15) is 23.2 Å². The van der Waals surface area contributed by atoms with Gasteiger partial charge >= 0.3 is 0 Å². The molecular weight excluding hydrogens is 268 g/mol. The Labute approximate surface area is 115 Å².